The van der Waals surface area contributed by atoms with E-state index in [-0.39, 0.29) is 5.41 Å². The van der Waals surface area contributed by atoms with Crippen molar-refractivity contribution in [1.29, 1.82) is 0 Å². The lowest BCUT2D eigenvalue weighted by molar-refractivity contribution is 0.112. The second-order valence-corrected chi connectivity index (χ2v) is 8.16. The van der Waals surface area contributed by atoms with Crippen molar-refractivity contribution in [3.8, 4) is 11.5 Å². The fourth-order valence-electron chi connectivity index (χ4n) is 1.91. The summed E-state index contributed by atoms with van der Waals surface area (Å²) in [5.74, 6) is 1.34. The molecule has 0 aromatic heterocycles. The molecule has 1 aromatic rings. The predicted molar refractivity (Wildman–Crippen MR) is 81.2 cm³/mol. The van der Waals surface area contributed by atoms with Crippen molar-refractivity contribution in [3.05, 3.63) is 23.3 Å². The minimum atomic E-state index is -1.31. The lowest BCUT2D eigenvalue weighted by Gasteiger charge is -2.26. The molecule has 0 amide bonds. The van der Waals surface area contributed by atoms with Crippen molar-refractivity contribution in [2.75, 3.05) is 6.61 Å². The maximum absolute atomic E-state index is 11.2. The molecule has 0 radical (unpaired) electrons. The minimum absolute atomic E-state index is 0.0530. The summed E-state index contributed by atoms with van der Waals surface area (Å²) in [4.78, 5) is 11.2. The first-order valence-corrected chi connectivity index (χ1v) is 9.51. The molecule has 0 aliphatic heterocycles. The first-order chi connectivity index (χ1) is 8.81. The van der Waals surface area contributed by atoms with Gasteiger partial charge in [0.1, 0.15) is 0 Å². The largest absolute Gasteiger partial charge is 0.544 e. The molecule has 0 heterocycles. The number of rotatable bonds is 5. The van der Waals surface area contributed by atoms with Crippen LogP contribution in [0.25, 0.3) is 0 Å². The summed E-state index contributed by atoms with van der Waals surface area (Å²) in [6, 6.07) is 3.78. The van der Waals surface area contributed by atoms with E-state index in [1.165, 1.54) is 0 Å². The van der Waals surface area contributed by atoms with Crippen molar-refractivity contribution in [1.82, 2.24) is 0 Å². The Morgan fingerprint density at radius 3 is 2.26 bits per heavy atom. The van der Waals surface area contributed by atoms with E-state index in [2.05, 4.69) is 33.9 Å². The van der Waals surface area contributed by atoms with Crippen LogP contribution in [0.3, 0.4) is 0 Å². The quantitative estimate of drug-likeness (QED) is 0.611. The third-order valence-electron chi connectivity index (χ3n) is 2.72. The van der Waals surface area contributed by atoms with Crippen LogP contribution in [-0.4, -0.2) is 21.9 Å². The van der Waals surface area contributed by atoms with Crippen molar-refractivity contribution in [3.63, 3.8) is 0 Å². The average molecular weight is 280 g/mol. The molecule has 0 aliphatic rings. The van der Waals surface area contributed by atoms with Crippen LogP contribution in [0.1, 0.15) is 43.6 Å². The number of benzene rings is 1. The van der Waals surface area contributed by atoms with E-state index in [1.807, 2.05) is 19.1 Å². The third kappa shape index (κ3) is 3.83. The average Bonchev–Trinajstić information content (AvgIpc) is 2.29. The summed E-state index contributed by atoms with van der Waals surface area (Å²) >= 11 is 0. The van der Waals surface area contributed by atoms with Gasteiger partial charge in [-0.1, -0.05) is 26.8 Å². The Morgan fingerprint density at radius 1 is 1.21 bits per heavy atom. The molecule has 19 heavy (non-hydrogen) atoms. The van der Waals surface area contributed by atoms with E-state index in [0.29, 0.717) is 17.9 Å². The lowest BCUT2D eigenvalue weighted by atomic mass is 9.85. The number of carbonyl (C=O) groups excluding carboxylic acids is 1. The van der Waals surface area contributed by atoms with Crippen molar-refractivity contribution in [2.24, 2.45) is 0 Å². The van der Waals surface area contributed by atoms with Gasteiger partial charge in [-0.05, 0) is 31.5 Å². The van der Waals surface area contributed by atoms with Crippen LogP contribution >= 0.6 is 0 Å². The van der Waals surface area contributed by atoms with Gasteiger partial charge in [-0.25, -0.2) is 0 Å². The molecule has 0 bridgehead atoms. The molecule has 0 saturated heterocycles. The van der Waals surface area contributed by atoms with Crippen LogP contribution in [0.4, 0.5) is 0 Å². The second kappa shape index (κ2) is 6.24. The maximum atomic E-state index is 11.2. The summed E-state index contributed by atoms with van der Waals surface area (Å²) in [5.41, 5.74) is 1.59. The van der Waals surface area contributed by atoms with Crippen molar-refractivity contribution in [2.45, 2.75) is 46.2 Å². The Hall–Kier alpha value is -1.29. The van der Waals surface area contributed by atoms with E-state index in [0.717, 1.165) is 17.6 Å². The zero-order valence-electron chi connectivity index (χ0n) is 12.7. The van der Waals surface area contributed by atoms with Gasteiger partial charge < -0.3 is 9.16 Å². The fraction of sp³-hybridized carbons (Fsp3) is 0.533. The molecule has 0 saturated carbocycles. The van der Waals surface area contributed by atoms with Gasteiger partial charge in [0.2, 0.25) is 9.04 Å². The summed E-state index contributed by atoms with van der Waals surface area (Å²) < 4.78 is 11.7. The molecule has 1 rings (SSSR count). The van der Waals surface area contributed by atoms with Crippen LogP contribution in [0.15, 0.2) is 12.1 Å². The Bertz CT molecular complexity index is 447. The molecule has 0 spiro atoms. The van der Waals surface area contributed by atoms with Crippen LogP contribution in [-0.2, 0) is 5.41 Å². The van der Waals surface area contributed by atoms with Gasteiger partial charge in [-0.2, -0.15) is 0 Å². The molecule has 106 valence electrons. The molecule has 0 atom stereocenters. The summed E-state index contributed by atoms with van der Waals surface area (Å²) in [6.07, 6.45) is 0.834. The van der Waals surface area contributed by atoms with E-state index in [9.17, 15) is 4.79 Å². The van der Waals surface area contributed by atoms with E-state index in [4.69, 9.17) is 9.16 Å². The molecule has 3 nitrogen and oxygen atoms in total. The minimum Gasteiger partial charge on any atom is -0.544 e. The standard InChI is InChI=1S/C15H24O3Si/c1-7-17-14-12(15(2,3)4)9-8-11(10-16)13(14)18-19(5)6/h8-10,19H,7H2,1-6H3. The van der Waals surface area contributed by atoms with Crippen molar-refractivity contribution >= 4 is 15.3 Å². The highest BCUT2D eigenvalue weighted by Crippen LogP contribution is 2.40. The first kappa shape index (κ1) is 15.8. The zero-order valence-corrected chi connectivity index (χ0v) is 13.9. The van der Waals surface area contributed by atoms with Gasteiger partial charge in [0.05, 0.1) is 12.2 Å². The first-order valence-electron chi connectivity index (χ1n) is 6.73. The normalized spacial score (nSPS) is 11.5. The number of carbonyl (C=O) groups is 1. The molecule has 4 heteroatoms. The summed E-state index contributed by atoms with van der Waals surface area (Å²) in [7, 11) is -1.31. The molecule has 1 aromatic carbocycles. The zero-order chi connectivity index (χ0) is 14.6. The van der Waals surface area contributed by atoms with Gasteiger partial charge in [0.15, 0.2) is 17.8 Å². The van der Waals surface area contributed by atoms with Gasteiger partial charge in [-0.3, -0.25) is 4.79 Å². The lowest BCUT2D eigenvalue weighted by Crippen LogP contribution is -2.18. The van der Waals surface area contributed by atoms with Gasteiger partial charge >= 0.3 is 0 Å². The van der Waals surface area contributed by atoms with Crippen LogP contribution < -0.4 is 9.16 Å². The number of hydrogen-bond acceptors (Lipinski definition) is 3. The van der Waals surface area contributed by atoms with E-state index >= 15 is 0 Å². The molecular formula is C15H24O3Si. The highest BCUT2D eigenvalue weighted by atomic mass is 28.3. The van der Waals surface area contributed by atoms with Gasteiger partial charge in [0, 0.05) is 5.56 Å². The smallest absolute Gasteiger partial charge is 0.229 e. The predicted octanol–water partition coefficient (Wildman–Crippen LogP) is 3.56. The van der Waals surface area contributed by atoms with Crippen LogP contribution in [0, 0.1) is 0 Å². The number of ether oxygens (including phenoxy) is 1. The van der Waals surface area contributed by atoms with Gasteiger partial charge in [-0.15, -0.1) is 0 Å². The Labute approximate surface area is 117 Å². The summed E-state index contributed by atoms with van der Waals surface area (Å²) in [5, 5.41) is 0. The Morgan fingerprint density at radius 2 is 1.84 bits per heavy atom. The second-order valence-electron chi connectivity index (χ2n) is 5.83. The molecule has 0 N–H and O–H groups in total. The number of aldehydes is 1. The Balaban J connectivity index is 3.47. The highest BCUT2D eigenvalue weighted by molar-refractivity contribution is 6.49. The Kier molecular flexibility index (Phi) is 5.17. The molecule has 0 unspecified atom stereocenters. The molecule has 0 fully saturated rings. The third-order valence-corrected chi connectivity index (χ3v) is 3.43. The molecular weight excluding hydrogens is 256 g/mol. The van der Waals surface area contributed by atoms with E-state index in [1.54, 1.807) is 0 Å². The van der Waals surface area contributed by atoms with Crippen LogP contribution in [0.2, 0.25) is 13.1 Å². The van der Waals surface area contributed by atoms with Crippen LogP contribution in [0.5, 0.6) is 11.5 Å². The van der Waals surface area contributed by atoms with Gasteiger partial charge in [0.25, 0.3) is 0 Å². The van der Waals surface area contributed by atoms with Crippen molar-refractivity contribution < 1.29 is 14.0 Å². The fourth-order valence-corrected chi connectivity index (χ4v) is 2.62. The topological polar surface area (TPSA) is 35.5 Å². The monoisotopic (exact) mass is 280 g/mol. The molecule has 0 aliphatic carbocycles. The maximum Gasteiger partial charge on any atom is 0.229 e. The van der Waals surface area contributed by atoms with E-state index < -0.39 is 9.04 Å². The SMILES string of the molecule is CCOc1c(C(C)(C)C)ccc(C=O)c1O[SiH](C)C. The number of hydrogen-bond donors (Lipinski definition) is 0. The highest BCUT2D eigenvalue weighted by Gasteiger charge is 2.24. The summed E-state index contributed by atoms with van der Waals surface area (Å²) in [6.45, 7) is 13.0.